The van der Waals surface area contributed by atoms with Crippen LogP contribution in [0.25, 0.3) is 22.6 Å². The molecule has 0 aliphatic carbocycles. The average Bonchev–Trinajstić information content (AvgIpc) is 3.30. The van der Waals surface area contributed by atoms with Crippen LogP contribution < -0.4 is 16.6 Å². The van der Waals surface area contributed by atoms with Gasteiger partial charge in [0.2, 0.25) is 5.91 Å². The number of aromatic nitrogens is 4. The number of carbonyl (C=O) groups is 1. The van der Waals surface area contributed by atoms with Crippen LogP contribution in [0.1, 0.15) is 0 Å². The summed E-state index contributed by atoms with van der Waals surface area (Å²) in [5.41, 5.74) is -0.180. The minimum Gasteiger partial charge on any atom is -0.461 e. The standard InChI is InChI=1S/C20H17N5O4S/c1-24-17-15(19(27)25(2)20(24)28)18(23-16(22-17)13-9-6-10-29-13)30-11-14(26)21-12-7-4-3-5-8-12/h3-10H,11H2,1-2H3,(H,21,26). The first-order chi connectivity index (χ1) is 14.5. The number of benzene rings is 1. The second-order valence-corrected chi connectivity index (χ2v) is 7.40. The molecule has 152 valence electrons. The lowest BCUT2D eigenvalue weighted by Crippen LogP contribution is -2.37. The Balaban J connectivity index is 1.76. The highest BCUT2D eigenvalue weighted by Gasteiger charge is 2.19. The van der Waals surface area contributed by atoms with E-state index in [1.807, 2.05) is 18.2 Å². The van der Waals surface area contributed by atoms with Gasteiger partial charge < -0.3 is 9.73 Å². The molecule has 3 heterocycles. The molecule has 1 amide bonds. The number of para-hydroxylation sites is 1. The summed E-state index contributed by atoms with van der Waals surface area (Å²) in [6.45, 7) is 0. The van der Waals surface area contributed by atoms with E-state index in [-0.39, 0.29) is 28.5 Å². The van der Waals surface area contributed by atoms with Crippen LogP contribution in [-0.2, 0) is 18.9 Å². The van der Waals surface area contributed by atoms with E-state index in [1.165, 1.54) is 24.9 Å². The molecular weight excluding hydrogens is 406 g/mol. The fourth-order valence-electron chi connectivity index (χ4n) is 2.90. The number of rotatable bonds is 5. The molecule has 0 aliphatic heterocycles. The van der Waals surface area contributed by atoms with E-state index in [9.17, 15) is 14.4 Å². The van der Waals surface area contributed by atoms with Crippen LogP contribution in [-0.4, -0.2) is 30.8 Å². The Morgan fingerprint density at radius 2 is 1.83 bits per heavy atom. The molecule has 1 aromatic carbocycles. The van der Waals surface area contributed by atoms with Gasteiger partial charge in [0, 0.05) is 19.8 Å². The summed E-state index contributed by atoms with van der Waals surface area (Å²) in [6.07, 6.45) is 1.48. The maximum atomic E-state index is 12.8. The van der Waals surface area contributed by atoms with E-state index >= 15 is 0 Å². The van der Waals surface area contributed by atoms with Gasteiger partial charge in [0.1, 0.15) is 10.4 Å². The predicted molar refractivity (Wildman–Crippen MR) is 114 cm³/mol. The molecule has 10 heteroatoms. The predicted octanol–water partition coefficient (Wildman–Crippen LogP) is 2.02. The highest BCUT2D eigenvalue weighted by Crippen LogP contribution is 2.26. The normalized spacial score (nSPS) is 11.0. The zero-order chi connectivity index (χ0) is 21.3. The minimum atomic E-state index is -0.523. The number of nitrogens with zero attached hydrogens (tertiary/aromatic N) is 4. The van der Waals surface area contributed by atoms with Crippen molar-refractivity contribution >= 4 is 34.4 Å². The number of thioether (sulfide) groups is 1. The fraction of sp³-hybridized carbons (Fsp3) is 0.150. The van der Waals surface area contributed by atoms with Gasteiger partial charge in [-0.3, -0.25) is 18.7 Å². The largest absolute Gasteiger partial charge is 0.461 e. The molecule has 0 aliphatic rings. The van der Waals surface area contributed by atoms with Crippen LogP contribution in [0.2, 0.25) is 0 Å². The first-order valence-corrected chi connectivity index (χ1v) is 9.93. The van der Waals surface area contributed by atoms with Crippen molar-refractivity contribution in [3.8, 4) is 11.6 Å². The minimum absolute atomic E-state index is 0.0184. The molecule has 0 bridgehead atoms. The Morgan fingerprint density at radius 3 is 2.53 bits per heavy atom. The quantitative estimate of drug-likeness (QED) is 0.386. The van der Waals surface area contributed by atoms with Gasteiger partial charge in [-0.2, -0.15) is 0 Å². The van der Waals surface area contributed by atoms with Crippen LogP contribution >= 0.6 is 11.8 Å². The van der Waals surface area contributed by atoms with Crippen LogP contribution in [0.15, 0.2) is 67.8 Å². The molecule has 0 unspecified atom stereocenters. The molecule has 4 aromatic rings. The van der Waals surface area contributed by atoms with Crippen molar-refractivity contribution in [3.63, 3.8) is 0 Å². The molecule has 9 nitrogen and oxygen atoms in total. The summed E-state index contributed by atoms with van der Waals surface area (Å²) in [5.74, 6) is 0.381. The number of carbonyl (C=O) groups excluding carboxylic acids is 1. The van der Waals surface area contributed by atoms with E-state index < -0.39 is 11.2 Å². The van der Waals surface area contributed by atoms with Gasteiger partial charge in [-0.15, -0.1) is 0 Å². The summed E-state index contributed by atoms with van der Waals surface area (Å²) in [6, 6.07) is 12.4. The smallest absolute Gasteiger partial charge is 0.332 e. The van der Waals surface area contributed by atoms with Gasteiger partial charge in [-0.05, 0) is 24.3 Å². The van der Waals surface area contributed by atoms with E-state index in [0.29, 0.717) is 16.5 Å². The van der Waals surface area contributed by atoms with Crippen molar-refractivity contribution in [2.24, 2.45) is 14.1 Å². The van der Waals surface area contributed by atoms with Crippen molar-refractivity contribution in [2.45, 2.75) is 5.03 Å². The molecule has 30 heavy (non-hydrogen) atoms. The molecule has 1 N–H and O–H groups in total. The van der Waals surface area contributed by atoms with Crippen molar-refractivity contribution in [1.29, 1.82) is 0 Å². The summed E-state index contributed by atoms with van der Waals surface area (Å²) in [5, 5.41) is 3.26. The molecule has 0 spiro atoms. The van der Waals surface area contributed by atoms with Crippen LogP contribution in [0, 0.1) is 0 Å². The van der Waals surface area contributed by atoms with E-state index in [4.69, 9.17) is 4.42 Å². The summed E-state index contributed by atoms with van der Waals surface area (Å²) in [7, 11) is 2.92. The van der Waals surface area contributed by atoms with Crippen molar-refractivity contribution in [3.05, 3.63) is 69.6 Å². The average molecular weight is 423 g/mol. The monoisotopic (exact) mass is 423 g/mol. The Hall–Kier alpha value is -3.66. The Bertz CT molecular complexity index is 1340. The topological polar surface area (TPSA) is 112 Å². The van der Waals surface area contributed by atoms with Crippen molar-refractivity contribution in [2.75, 3.05) is 11.1 Å². The number of hydrogen-bond donors (Lipinski definition) is 1. The van der Waals surface area contributed by atoms with E-state index in [2.05, 4.69) is 15.3 Å². The Kier molecular flexibility index (Phi) is 5.23. The van der Waals surface area contributed by atoms with Gasteiger partial charge in [0.05, 0.1) is 12.0 Å². The molecule has 0 saturated heterocycles. The Morgan fingerprint density at radius 1 is 1.07 bits per heavy atom. The van der Waals surface area contributed by atoms with Crippen LogP contribution in [0.3, 0.4) is 0 Å². The molecule has 4 rings (SSSR count). The molecule has 0 fully saturated rings. The number of fused-ring (bicyclic) bond motifs is 1. The third-order valence-electron chi connectivity index (χ3n) is 4.41. The SMILES string of the molecule is Cn1c(=O)c2c(SCC(=O)Nc3ccccc3)nc(-c3ccco3)nc2n(C)c1=O. The zero-order valence-corrected chi connectivity index (χ0v) is 17.0. The maximum absolute atomic E-state index is 12.8. The number of amides is 1. The number of hydrogen-bond acceptors (Lipinski definition) is 7. The molecule has 0 atom stereocenters. The number of aryl methyl sites for hydroxylation is 1. The zero-order valence-electron chi connectivity index (χ0n) is 16.2. The third-order valence-corrected chi connectivity index (χ3v) is 5.38. The van der Waals surface area contributed by atoms with E-state index in [1.54, 1.807) is 24.3 Å². The first kappa shape index (κ1) is 19.6. The maximum Gasteiger partial charge on any atom is 0.332 e. The number of furan rings is 1. The molecule has 3 aromatic heterocycles. The highest BCUT2D eigenvalue weighted by molar-refractivity contribution is 8.00. The van der Waals surface area contributed by atoms with E-state index in [0.717, 1.165) is 16.3 Å². The van der Waals surface area contributed by atoms with Crippen LogP contribution in [0.5, 0.6) is 0 Å². The second-order valence-electron chi connectivity index (χ2n) is 6.44. The van der Waals surface area contributed by atoms with Crippen molar-refractivity contribution in [1.82, 2.24) is 19.1 Å². The van der Waals surface area contributed by atoms with Gasteiger partial charge in [-0.25, -0.2) is 14.8 Å². The summed E-state index contributed by atoms with van der Waals surface area (Å²) >= 11 is 1.09. The summed E-state index contributed by atoms with van der Waals surface area (Å²) < 4.78 is 7.64. The Labute approximate surface area is 174 Å². The molecular formula is C20H17N5O4S. The number of anilines is 1. The van der Waals surface area contributed by atoms with Gasteiger partial charge in [0.25, 0.3) is 5.56 Å². The van der Waals surface area contributed by atoms with Gasteiger partial charge in [-0.1, -0.05) is 30.0 Å². The number of nitrogens with one attached hydrogen (secondary N) is 1. The lowest BCUT2D eigenvalue weighted by Gasteiger charge is -2.11. The van der Waals surface area contributed by atoms with Crippen LogP contribution in [0.4, 0.5) is 5.69 Å². The third kappa shape index (κ3) is 3.64. The summed E-state index contributed by atoms with van der Waals surface area (Å²) in [4.78, 5) is 46.3. The second kappa shape index (κ2) is 7.99. The lowest BCUT2D eigenvalue weighted by molar-refractivity contribution is -0.113. The van der Waals surface area contributed by atoms with Crippen molar-refractivity contribution < 1.29 is 9.21 Å². The molecule has 0 saturated carbocycles. The van der Waals surface area contributed by atoms with Gasteiger partial charge in [0.15, 0.2) is 17.2 Å². The first-order valence-electron chi connectivity index (χ1n) is 8.95. The lowest BCUT2D eigenvalue weighted by atomic mass is 10.3. The highest BCUT2D eigenvalue weighted by atomic mass is 32.2. The fourth-order valence-corrected chi connectivity index (χ4v) is 3.72. The van der Waals surface area contributed by atoms with Gasteiger partial charge >= 0.3 is 5.69 Å². The molecule has 0 radical (unpaired) electrons.